The second-order valence-electron chi connectivity index (χ2n) is 18.0. The van der Waals surface area contributed by atoms with E-state index in [4.69, 9.17) is 0 Å². The van der Waals surface area contributed by atoms with Crippen molar-refractivity contribution in [1.29, 1.82) is 0 Å². The molecule has 0 unspecified atom stereocenters. The lowest BCUT2D eigenvalue weighted by molar-refractivity contribution is 1.13. The molecule has 0 spiro atoms. The molecule has 12 rings (SSSR count). The molecule has 268 valence electrons. The van der Waals surface area contributed by atoms with Gasteiger partial charge < -0.3 is 0 Å². The largest absolute Gasteiger partial charge is 0.243 e. The summed E-state index contributed by atoms with van der Waals surface area (Å²) in [5.41, 5.74) is 33.2. The van der Waals surface area contributed by atoms with Crippen LogP contribution in [0.2, 0.25) is 0 Å². The van der Waals surface area contributed by atoms with E-state index in [0.717, 1.165) is 25.7 Å². The predicted molar refractivity (Wildman–Crippen MR) is 243 cm³/mol. The van der Waals surface area contributed by atoms with Crippen molar-refractivity contribution in [3.8, 4) is 0 Å². The van der Waals surface area contributed by atoms with E-state index in [1.165, 1.54) is 121 Å². The molecule has 0 radical (unpaired) electrons. The maximum Gasteiger partial charge on any atom is 0.243 e. The Labute approximate surface area is 332 Å². The zero-order valence-electron chi connectivity index (χ0n) is 34.1. The van der Waals surface area contributed by atoms with E-state index in [0.29, 0.717) is 0 Å². The van der Waals surface area contributed by atoms with Gasteiger partial charge in [-0.15, -0.1) is 0 Å². The number of rotatable bonds is 0. The van der Waals surface area contributed by atoms with Crippen LogP contribution in [0.3, 0.4) is 0 Å². The van der Waals surface area contributed by atoms with Gasteiger partial charge in [-0.2, -0.15) is 0 Å². The summed E-state index contributed by atoms with van der Waals surface area (Å²) in [6.07, 6.45) is 4.06. The van der Waals surface area contributed by atoms with E-state index in [1.54, 1.807) is 33.0 Å². The fourth-order valence-electron chi connectivity index (χ4n) is 12.9. The van der Waals surface area contributed by atoms with Gasteiger partial charge in [0, 0.05) is 0 Å². The summed E-state index contributed by atoms with van der Waals surface area (Å²) in [7, 11) is 0. The highest BCUT2D eigenvalue weighted by Gasteiger charge is 2.42. The molecular formula is C54H46B2. The van der Waals surface area contributed by atoms with Crippen molar-refractivity contribution in [2.45, 2.75) is 81.1 Å². The summed E-state index contributed by atoms with van der Waals surface area (Å²) in [5.74, 6) is 0. The highest BCUT2D eigenvalue weighted by atomic mass is 14.3. The molecule has 0 saturated heterocycles. The first-order chi connectivity index (χ1) is 27.2. The molecule has 0 aromatic heterocycles. The average molecular weight is 717 g/mol. The van der Waals surface area contributed by atoms with E-state index in [2.05, 4.69) is 140 Å². The van der Waals surface area contributed by atoms with E-state index in [9.17, 15) is 0 Å². The first-order valence-electron chi connectivity index (χ1n) is 21.0. The normalized spacial score (nSPS) is 14.4. The molecule has 0 fully saturated rings. The van der Waals surface area contributed by atoms with Crippen LogP contribution in [-0.4, -0.2) is 13.4 Å². The van der Waals surface area contributed by atoms with E-state index >= 15 is 0 Å². The summed E-state index contributed by atoms with van der Waals surface area (Å²) in [6.45, 7) is 20.1. The van der Waals surface area contributed by atoms with Gasteiger partial charge in [0.15, 0.2) is 0 Å². The van der Waals surface area contributed by atoms with Crippen LogP contribution in [0.1, 0.15) is 89.0 Å². The number of hydrogen-bond acceptors (Lipinski definition) is 0. The quantitative estimate of drug-likeness (QED) is 0.110. The zero-order valence-corrected chi connectivity index (χ0v) is 34.1. The molecule has 0 bridgehead atoms. The zero-order chi connectivity index (χ0) is 38.0. The molecule has 8 aromatic carbocycles. The molecule has 0 atom stereocenters. The minimum Gasteiger partial charge on any atom is -0.0667 e. The smallest absolute Gasteiger partial charge is 0.0667 e. The van der Waals surface area contributed by atoms with Crippen LogP contribution < -0.4 is 32.8 Å². The summed E-state index contributed by atoms with van der Waals surface area (Å²) < 4.78 is 0. The van der Waals surface area contributed by atoms with Gasteiger partial charge >= 0.3 is 0 Å². The maximum atomic E-state index is 2.50. The Morgan fingerprint density at radius 1 is 0.286 bits per heavy atom. The number of benzene rings is 8. The van der Waals surface area contributed by atoms with Crippen LogP contribution in [0.25, 0.3) is 32.3 Å². The lowest BCUT2D eigenvalue weighted by Gasteiger charge is -2.38. The fraction of sp³-hybridized carbons (Fsp3) is 0.222. The highest BCUT2D eigenvalue weighted by Crippen LogP contribution is 2.47. The van der Waals surface area contributed by atoms with Gasteiger partial charge in [-0.05, 0) is 202 Å². The molecule has 56 heavy (non-hydrogen) atoms. The molecule has 4 aliphatic heterocycles. The van der Waals surface area contributed by atoms with Crippen molar-refractivity contribution >= 4 is 78.5 Å². The van der Waals surface area contributed by atoms with Crippen molar-refractivity contribution in [2.75, 3.05) is 0 Å². The topological polar surface area (TPSA) is 0 Å². The summed E-state index contributed by atoms with van der Waals surface area (Å²) in [6, 6.07) is 33.0. The molecule has 0 amide bonds. The highest BCUT2D eigenvalue weighted by molar-refractivity contribution is 6.98. The lowest BCUT2D eigenvalue weighted by atomic mass is 9.29. The van der Waals surface area contributed by atoms with Crippen molar-refractivity contribution in [3.05, 3.63) is 174 Å². The Bertz CT molecular complexity index is 2960. The SMILES string of the molecule is Cc1c(C)c(C)c2c(c1C)c1c(C)c3c(c(C)c1c1c(C)c4c(c(C)c21)B1c2ccccc2Cc2cccc(c21)C4)Cc1cccc2c1B3c1ccccc1C2. The molecule has 0 nitrogen and oxygen atoms in total. The number of fused-ring (bicyclic) bond motifs is 14. The molecule has 2 heteroatoms. The van der Waals surface area contributed by atoms with Crippen molar-refractivity contribution < 1.29 is 0 Å². The van der Waals surface area contributed by atoms with E-state index in [1.807, 2.05) is 0 Å². The van der Waals surface area contributed by atoms with Crippen LogP contribution >= 0.6 is 0 Å². The molecule has 8 aromatic rings. The van der Waals surface area contributed by atoms with Crippen molar-refractivity contribution in [2.24, 2.45) is 0 Å². The number of hydrogen-bond donors (Lipinski definition) is 0. The van der Waals surface area contributed by atoms with E-state index < -0.39 is 0 Å². The second kappa shape index (κ2) is 11.2. The summed E-state index contributed by atoms with van der Waals surface area (Å²) in [4.78, 5) is 0. The molecule has 0 aliphatic carbocycles. The van der Waals surface area contributed by atoms with Crippen LogP contribution in [0.5, 0.6) is 0 Å². The molecule has 0 saturated carbocycles. The predicted octanol–water partition coefficient (Wildman–Crippen LogP) is 8.26. The van der Waals surface area contributed by atoms with Gasteiger partial charge in [0.05, 0.1) is 0 Å². The molecule has 4 aliphatic rings. The Hall–Kier alpha value is -5.33. The standard InChI is InChI=1S/C54H46B2/c1-27-28(2)30(4)46-45(29(27)3)49-33(7)51-41(25-39-19-13-17-37-23-35-15-9-11-21-43(35)55(51)53(37)39)31(5)47(49)48-32(6)42-26-40-20-14-18-38-24-36-16-10-12-22-44(36)56(54(38)40)52(42)34(8)50(46)48/h9-22H,23-26H2,1-8H3. The second-order valence-corrected chi connectivity index (χ2v) is 18.0. The van der Waals surface area contributed by atoms with Crippen molar-refractivity contribution in [1.82, 2.24) is 0 Å². The van der Waals surface area contributed by atoms with Crippen LogP contribution in [-0.2, 0) is 25.7 Å². The van der Waals surface area contributed by atoms with Gasteiger partial charge in [0.1, 0.15) is 0 Å². The third-order valence-corrected chi connectivity index (χ3v) is 15.8. The van der Waals surface area contributed by atoms with Gasteiger partial charge in [0.2, 0.25) is 13.4 Å². The Kier molecular flexibility index (Phi) is 6.55. The molecule has 4 heterocycles. The Balaban J connectivity index is 1.30. The van der Waals surface area contributed by atoms with Crippen LogP contribution in [0.15, 0.2) is 84.9 Å². The third-order valence-electron chi connectivity index (χ3n) is 15.8. The fourth-order valence-corrected chi connectivity index (χ4v) is 12.9. The van der Waals surface area contributed by atoms with E-state index in [-0.39, 0.29) is 13.4 Å². The van der Waals surface area contributed by atoms with Crippen LogP contribution in [0.4, 0.5) is 0 Å². The Morgan fingerprint density at radius 3 is 1.02 bits per heavy atom. The third kappa shape index (κ3) is 3.89. The van der Waals surface area contributed by atoms with Gasteiger partial charge in [-0.25, -0.2) is 0 Å². The van der Waals surface area contributed by atoms with Gasteiger partial charge in [-0.3, -0.25) is 0 Å². The monoisotopic (exact) mass is 716 g/mol. The average Bonchev–Trinajstić information content (AvgIpc) is 3.22. The van der Waals surface area contributed by atoms with Gasteiger partial charge in [0.25, 0.3) is 0 Å². The minimum atomic E-state index is 0.264. The molecular weight excluding hydrogens is 670 g/mol. The minimum absolute atomic E-state index is 0.264. The lowest BCUT2D eigenvalue weighted by Crippen LogP contribution is -2.62. The van der Waals surface area contributed by atoms with Crippen LogP contribution in [0, 0.1) is 55.4 Å². The summed E-state index contributed by atoms with van der Waals surface area (Å²) >= 11 is 0. The summed E-state index contributed by atoms with van der Waals surface area (Å²) in [5, 5.41) is 8.99. The Morgan fingerprint density at radius 2 is 0.607 bits per heavy atom. The maximum absolute atomic E-state index is 2.50. The first-order valence-corrected chi connectivity index (χ1v) is 21.0. The number of aryl methyl sites for hydroxylation is 6. The van der Waals surface area contributed by atoms with Crippen molar-refractivity contribution in [3.63, 3.8) is 0 Å². The molecule has 0 N–H and O–H groups in total. The first kappa shape index (κ1) is 32.9. The van der Waals surface area contributed by atoms with Gasteiger partial charge in [-0.1, -0.05) is 118 Å².